The van der Waals surface area contributed by atoms with Gasteiger partial charge in [0, 0.05) is 25.7 Å². The molecule has 1 aromatic heterocycles. The highest BCUT2D eigenvalue weighted by Crippen LogP contribution is 2.30. The SMILES string of the molecule is Cc1oc(C(=O)NCC(O)COc2ccc(C(F)(F)F)cc2)cc1S(=O)(=O)N1CCCC1. The van der Waals surface area contributed by atoms with Crippen LogP contribution in [0.25, 0.3) is 0 Å². The number of furan rings is 1. The maximum atomic E-state index is 12.7. The van der Waals surface area contributed by atoms with Crippen LogP contribution < -0.4 is 10.1 Å². The number of ether oxygens (including phenoxy) is 1. The molecule has 0 radical (unpaired) electrons. The lowest BCUT2D eigenvalue weighted by Gasteiger charge is -2.14. The fourth-order valence-corrected chi connectivity index (χ4v) is 4.87. The average molecular weight is 476 g/mol. The molecule has 2 aromatic rings. The maximum absolute atomic E-state index is 12.7. The summed E-state index contributed by atoms with van der Waals surface area (Å²) in [6.07, 6.45) is -4.07. The summed E-state index contributed by atoms with van der Waals surface area (Å²) in [4.78, 5) is 12.2. The highest BCUT2D eigenvalue weighted by Gasteiger charge is 2.32. The summed E-state index contributed by atoms with van der Waals surface area (Å²) < 4.78 is 74.9. The topological polar surface area (TPSA) is 109 Å². The van der Waals surface area contributed by atoms with Crippen molar-refractivity contribution in [2.75, 3.05) is 26.2 Å². The van der Waals surface area contributed by atoms with E-state index in [4.69, 9.17) is 9.15 Å². The number of carbonyl (C=O) groups is 1. The molecule has 1 aliphatic heterocycles. The normalized spacial score (nSPS) is 16.2. The van der Waals surface area contributed by atoms with Gasteiger partial charge in [-0.25, -0.2) is 8.42 Å². The van der Waals surface area contributed by atoms with Crippen molar-refractivity contribution in [1.29, 1.82) is 0 Å². The molecule has 0 aliphatic carbocycles. The van der Waals surface area contributed by atoms with Gasteiger partial charge in [-0.05, 0) is 44.0 Å². The average Bonchev–Trinajstić information content (AvgIpc) is 3.41. The second-order valence-electron chi connectivity index (χ2n) is 7.34. The van der Waals surface area contributed by atoms with Crippen LogP contribution in [0.4, 0.5) is 13.2 Å². The zero-order valence-electron chi connectivity index (χ0n) is 17.2. The highest BCUT2D eigenvalue weighted by atomic mass is 32.2. The molecule has 1 fully saturated rings. The molecule has 1 atom stereocenters. The summed E-state index contributed by atoms with van der Waals surface area (Å²) >= 11 is 0. The Bertz CT molecular complexity index is 1040. The summed E-state index contributed by atoms with van der Waals surface area (Å²) in [7, 11) is -3.75. The molecule has 0 saturated carbocycles. The van der Waals surface area contributed by atoms with Crippen LogP contribution in [0.5, 0.6) is 5.75 Å². The minimum Gasteiger partial charge on any atom is -0.491 e. The number of nitrogens with zero attached hydrogens (tertiary/aromatic N) is 1. The number of aryl methyl sites for hydroxylation is 1. The van der Waals surface area contributed by atoms with Gasteiger partial charge in [-0.2, -0.15) is 17.5 Å². The van der Waals surface area contributed by atoms with Gasteiger partial charge in [0.05, 0.1) is 5.56 Å². The molecule has 176 valence electrons. The first-order chi connectivity index (χ1) is 15.0. The van der Waals surface area contributed by atoms with Gasteiger partial charge in [-0.3, -0.25) is 4.79 Å². The quantitative estimate of drug-likeness (QED) is 0.606. The standard InChI is InChI=1S/C20H23F3N2O6S/c1-13-18(32(28,29)25-8-2-3-9-25)10-17(31-13)19(27)24-11-15(26)12-30-16-6-4-14(5-7-16)20(21,22)23/h4-7,10,15,26H,2-3,8-9,11-12H2,1H3,(H,24,27). The lowest BCUT2D eigenvalue weighted by atomic mass is 10.2. The molecule has 2 N–H and O–H groups in total. The van der Waals surface area contributed by atoms with E-state index in [9.17, 15) is 31.5 Å². The van der Waals surface area contributed by atoms with Gasteiger partial charge in [-0.15, -0.1) is 0 Å². The molecule has 32 heavy (non-hydrogen) atoms. The molecule has 1 saturated heterocycles. The number of amides is 1. The Morgan fingerprint density at radius 1 is 1.25 bits per heavy atom. The smallest absolute Gasteiger partial charge is 0.416 e. The Balaban J connectivity index is 1.52. The molecule has 12 heteroatoms. The van der Waals surface area contributed by atoms with E-state index in [0.717, 1.165) is 43.2 Å². The lowest BCUT2D eigenvalue weighted by Crippen LogP contribution is -2.35. The van der Waals surface area contributed by atoms with Crippen LogP contribution >= 0.6 is 0 Å². The molecule has 8 nitrogen and oxygen atoms in total. The number of hydrogen-bond acceptors (Lipinski definition) is 6. The van der Waals surface area contributed by atoms with Gasteiger partial charge in [0.2, 0.25) is 10.0 Å². The van der Waals surface area contributed by atoms with E-state index in [0.29, 0.717) is 13.1 Å². The predicted octanol–water partition coefficient (Wildman–Crippen LogP) is 2.56. The number of benzene rings is 1. The number of carbonyl (C=O) groups excluding carboxylic acids is 1. The van der Waals surface area contributed by atoms with E-state index in [2.05, 4.69) is 5.32 Å². The van der Waals surface area contributed by atoms with Crippen molar-refractivity contribution in [2.45, 2.75) is 36.9 Å². The van der Waals surface area contributed by atoms with Crippen LogP contribution in [0, 0.1) is 6.92 Å². The Morgan fingerprint density at radius 3 is 2.47 bits per heavy atom. The fraction of sp³-hybridized carbons (Fsp3) is 0.450. The van der Waals surface area contributed by atoms with Crippen molar-refractivity contribution in [3.05, 3.63) is 47.4 Å². The number of hydrogen-bond donors (Lipinski definition) is 2. The molecule has 1 unspecified atom stereocenters. The van der Waals surface area contributed by atoms with Gasteiger partial charge >= 0.3 is 6.18 Å². The highest BCUT2D eigenvalue weighted by molar-refractivity contribution is 7.89. The van der Waals surface area contributed by atoms with Gasteiger partial charge in [-0.1, -0.05) is 0 Å². The number of alkyl halides is 3. The third-order valence-corrected chi connectivity index (χ3v) is 6.91. The molecule has 1 amide bonds. The number of aliphatic hydroxyl groups excluding tert-OH is 1. The zero-order chi connectivity index (χ0) is 23.5. The summed E-state index contributed by atoms with van der Waals surface area (Å²) in [5.74, 6) is -0.712. The lowest BCUT2D eigenvalue weighted by molar-refractivity contribution is -0.137. The summed E-state index contributed by atoms with van der Waals surface area (Å²) in [5.41, 5.74) is -0.822. The number of aliphatic hydroxyl groups is 1. The first-order valence-corrected chi connectivity index (χ1v) is 11.3. The fourth-order valence-electron chi connectivity index (χ4n) is 3.19. The van der Waals surface area contributed by atoms with Gasteiger partial charge < -0.3 is 19.6 Å². The first-order valence-electron chi connectivity index (χ1n) is 9.85. The molecule has 2 heterocycles. The third-order valence-electron chi connectivity index (χ3n) is 4.90. The van der Waals surface area contributed by atoms with E-state index in [1.54, 1.807) is 0 Å². The molecule has 0 spiro atoms. The van der Waals surface area contributed by atoms with Crippen LogP contribution in [0.15, 0.2) is 39.6 Å². The van der Waals surface area contributed by atoms with Crippen LogP contribution in [0.1, 0.15) is 34.7 Å². The van der Waals surface area contributed by atoms with Gasteiger partial charge in [0.25, 0.3) is 5.91 Å². The van der Waals surface area contributed by atoms with Crippen LogP contribution in [0.3, 0.4) is 0 Å². The molecule has 3 rings (SSSR count). The monoisotopic (exact) mass is 476 g/mol. The molecular formula is C20H23F3N2O6S. The second-order valence-corrected chi connectivity index (χ2v) is 9.25. The van der Waals surface area contributed by atoms with Crippen molar-refractivity contribution >= 4 is 15.9 Å². The number of rotatable bonds is 8. The van der Waals surface area contributed by atoms with Crippen molar-refractivity contribution in [3.8, 4) is 5.75 Å². The minimum absolute atomic E-state index is 0.0734. The van der Waals surface area contributed by atoms with Crippen molar-refractivity contribution in [3.63, 3.8) is 0 Å². The molecule has 0 bridgehead atoms. The Hall–Kier alpha value is -2.57. The Kier molecular flexibility index (Phi) is 7.16. The molecule has 1 aromatic carbocycles. The zero-order valence-corrected chi connectivity index (χ0v) is 18.0. The number of sulfonamides is 1. The van der Waals surface area contributed by atoms with E-state index in [-0.39, 0.29) is 35.3 Å². The van der Waals surface area contributed by atoms with E-state index >= 15 is 0 Å². The summed E-state index contributed by atoms with van der Waals surface area (Å²) in [6.45, 7) is 1.76. The van der Waals surface area contributed by atoms with E-state index in [1.807, 2.05) is 0 Å². The number of nitrogens with one attached hydrogen (secondary N) is 1. The number of halogens is 3. The van der Waals surface area contributed by atoms with E-state index in [1.165, 1.54) is 11.2 Å². The Morgan fingerprint density at radius 2 is 1.88 bits per heavy atom. The van der Waals surface area contributed by atoms with Crippen LogP contribution in [-0.2, 0) is 16.2 Å². The largest absolute Gasteiger partial charge is 0.491 e. The van der Waals surface area contributed by atoms with Crippen LogP contribution in [0.2, 0.25) is 0 Å². The molecule has 1 aliphatic rings. The maximum Gasteiger partial charge on any atom is 0.416 e. The second kappa shape index (κ2) is 9.51. The Labute approximate surface area is 183 Å². The van der Waals surface area contributed by atoms with Gasteiger partial charge in [0.1, 0.15) is 29.1 Å². The minimum atomic E-state index is -4.46. The predicted molar refractivity (Wildman–Crippen MR) is 107 cm³/mol. The summed E-state index contributed by atoms with van der Waals surface area (Å²) in [5, 5.41) is 12.4. The van der Waals surface area contributed by atoms with Crippen molar-refractivity contribution in [1.82, 2.24) is 9.62 Å². The first kappa shape index (κ1) is 24.1. The third kappa shape index (κ3) is 5.61. The van der Waals surface area contributed by atoms with Crippen molar-refractivity contribution in [2.24, 2.45) is 0 Å². The van der Waals surface area contributed by atoms with Gasteiger partial charge in [0.15, 0.2) is 5.76 Å². The van der Waals surface area contributed by atoms with E-state index < -0.39 is 33.8 Å². The summed E-state index contributed by atoms with van der Waals surface area (Å²) in [6, 6.07) is 5.13. The molecular weight excluding hydrogens is 453 g/mol. The van der Waals surface area contributed by atoms with Crippen LogP contribution in [-0.4, -0.2) is 56.1 Å². The van der Waals surface area contributed by atoms with Crippen molar-refractivity contribution < 1.29 is 40.6 Å².